The first kappa shape index (κ1) is 30.8. The molecule has 4 nitrogen and oxygen atoms in total. The predicted molar refractivity (Wildman–Crippen MR) is 186 cm³/mol. The van der Waals surface area contributed by atoms with E-state index in [0.29, 0.717) is 33.2 Å². The summed E-state index contributed by atoms with van der Waals surface area (Å²) < 4.78 is 22.4. The van der Waals surface area contributed by atoms with Crippen LogP contribution in [0.1, 0.15) is 11.1 Å². The zero-order valence-electron chi connectivity index (χ0n) is 25.1. The summed E-state index contributed by atoms with van der Waals surface area (Å²) in [6.07, 6.45) is -0.286. The highest BCUT2D eigenvalue weighted by atomic mass is 79.9. The van der Waals surface area contributed by atoms with Gasteiger partial charge in [0, 0.05) is 5.56 Å². The van der Waals surface area contributed by atoms with Crippen LogP contribution < -0.4 is 0 Å². The van der Waals surface area contributed by atoms with Gasteiger partial charge in [-0.1, -0.05) is 152 Å². The second-order valence-electron chi connectivity index (χ2n) is 10.8. The van der Waals surface area contributed by atoms with E-state index in [-0.39, 0.29) is 6.10 Å². The first-order valence-corrected chi connectivity index (χ1v) is 16.0. The Bertz CT molecular complexity index is 1700. The largest absolute Gasteiger partial charge is 0.374 e. The molecule has 0 aliphatic heterocycles. The van der Waals surface area contributed by atoms with E-state index in [1.807, 2.05) is 54.6 Å². The lowest BCUT2D eigenvalue weighted by Crippen LogP contribution is -2.27. The Morgan fingerprint density at radius 3 is 1.36 bits per heavy atom. The molecule has 45 heavy (non-hydrogen) atoms. The van der Waals surface area contributed by atoms with Gasteiger partial charge in [0.2, 0.25) is 0 Å². The van der Waals surface area contributed by atoms with Gasteiger partial charge in [0.15, 0.2) is 0 Å². The number of rotatable bonds is 14. The fourth-order valence-corrected chi connectivity index (χ4v) is 6.31. The fraction of sp³-hybridized carbons (Fsp3) is 0.150. The van der Waals surface area contributed by atoms with E-state index in [2.05, 4.69) is 118 Å². The summed E-state index contributed by atoms with van der Waals surface area (Å²) in [6, 6.07) is 51.9. The van der Waals surface area contributed by atoms with Crippen molar-refractivity contribution in [2.75, 3.05) is 13.2 Å². The van der Waals surface area contributed by atoms with Gasteiger partial charge >= 0.3 is 0 Å². The van der Waals surface area contributed by atoms with Gasteiger partial charge < -0.3 is 18.8 Å². The van der Waals surface area contributed by atoms with Crippen LogP contribution in [0.4, 0.5) is 0 Å². The van der Waals surface area contributed by atoms with E-state index >= 15 is 0 Å². The van der Waals surface area contributed by atoms with Crippen molar-refractivity contribution < 1.29 is 14.2 Å². The Labute approximate surface area is 274 Å². The molecule has 0 radical (unpaired) electrons. The molecule has 1 heterocycles. The van der Waals surface area contributed by atoms with Crippen molar-refractivity contribution in [3.63, 3.8) is 0 Å². The smallest absolute Gasteiger partial charge is 0.124 e. The Hall–Kier alpha value is -4.26. The van der Waals surface area contributed by atoms with E-state index < -0.39 is 0 Å². The monoisotopic (exact) mass is 657 g/mol. The highest BCUT2D eigenvalue weighted by molar-refractivity contribution is 9.10. The Balaban J connectivity index is 1.33. The van der Waals surface area contributed by atoms with Gasteiger partial charge in [-0.25, -0.2) is 0 Å². The molecule has 5 aromatic carbocycles. The summed E-state index contributed by atoms with van der Waals surface area (Å²) in [4.78, 5) is 0. The van der Waals surface area contributed by atoms with Gasteiger partial charge in [0.25, 0.3) is 0 Å². The zero-order chi connectivity index (χ0) is 30.7. The van der Waals surface area contributed by atoms with Crippen LogP contribution in [0.25, 0.3) is 33.6 Å². The second kappa shape index (κ2) is 15.6. The molecular weight excluding hydrogens is 622 g/mol. The minimum absolute atomic E-state index is 0.286. The Morgan fingerprint density at radius 1 is 0.489 bits per heavy atom. The molecule has 0 amide bonds. The van der Waals surface area contributed by atoms with Crippen LogP contribution in [0, 0.1) is 0 Å². The van der Waals surface area contributed by atoms with Crippen molar-refractivity contribution in [3.8, 4) is 33.6 Å². The van der Waals surface area contributed by atoms with E-state index in [1.165, 1.54) is 0 Å². The topological polar surface area (TPSA) is 32.6 Å². The number of hydrogen-bond donors (Lipinski definition) is 0. The van der Waals surface area contributed by atoms with E-state index in [0.717, 1.165) is 49.2 Å². The molecule has 0 spiro atoms. The van der Waals surface area contributed by atoms with E-state index in [1.54, 1.807) is 0 Å². The van der Waals surface area contributed by atoms with Gasteiger partial charge in [0.1, 0.15) is 12.8 Å². The normalized spacial score (nSPS) is 11.2. The van der Waals surface area contributed by atoms with Crippen LogP contribution >= 0.6 is 15.9 Å². The second-order valence-corrected chi connectivity index (χ2v) is 11.6. The lowest BCUT2D eigenvalue weighted by molar-refractivity contribution is -0.0866. The number of aromatic nitrogens is 1. The molecule has 0 saturated carbocycles. The Morgan fingerprint density at radius 2 is 0.889 bits per heavy atom. The average molecular weight is 659 g/mol. The molecule has 5 heteroatoms. The van der Waals surface area contributed by atoms with Crippen LogP contribution in [-0.4, -0.2) is 23.9 Å². The summed E-state index contributed by atoms with van der Waals surface area (Å²) in [5, 5.41) is 0. The number of halogens is 1. The van der Waals surface area contributed by atoms with Gasteiger partial charge in [-0.05, 0) is 43.7 Å². The third-order valence-electron chi connectivity index (χ3n) is 7.63. The summed E-state index contributed by atoms with van der Waals surface area (Å²) in [5.74, 6) is 0. The molecule has 0 saturated heterocycles. The first-order valence-electron chi connectivity index (χ1n) is 15.2. The van der Waals surface area contributed by atoms with Gasteiger partial charge in [0.05, 0.1) is 42.3 Å². The molecule has 0 N–H and O–H groups in total. The van der Waals surface area contributed by atoms with Crippen molar-refractivity contribution in [2.45, 2.75) is 26.0 Å². The highest BCUT2D eigenvalue weighted by Gasteiger charge is 2.25. The molecule has 0 fully saturated rings. The molecule has 0 aliphatic carbocycles. The maximum absolute atomic E-state index is 6.72. The lowest BCUT2D eigenvalue weighted by Gasteiger charge is -2.22. The maximum atomic E-state index is 6.72. The molecule has 0 unspecified atom stereocenters. The molecule has 0 atom stereocenters. The standard InChI is InChI=1S/C40H36BrNO3/c41-38-37(33-20-10-3-11-21-33)39(34-22-12-4-13-23-34)42(40(38)35-24-14-5-15-25-35)30-45-36(28-43-26-31-16-6-1-7-17-31)29-44-27-32-18-8-2-9-19-32/h1-25,36H,26-30H2. The van der Waals surface area contributed by atoms with Crippen molar-refractivity contribution in [2.24, 2.45) is 0 Å². The lowest BCUT2D eigenvalue weighted by atomic mass is 10.0. The molecule has 0 bridgehead atoms. The maximum Gasteiger partial charge on any atom is 0.124 e. The SMILES string of the molecule is Brc1c(-c2ccccc2)c(-c2ccccc2)n(COC(COCc2ccccc2)COCc2ccccc2)c1-c1ccccc1. The predicted octanol–water partition coefficient (Wildman–Crippen LogP) is 10.0. The van der Waals surface area contributed by atoms with Gasteiger partial charge in [-0.2, -0.15) is 0 Å². The minimum Gasteiger partial charge on any atom is -0.374 e. The Kier molecular flexibility index (Phi) is 10.7. The number of ether oxygens (including phenoxy) is 3. The molecule has 6 aromatic rings. The van der Waals surface area contributed by atoms with Crippen molar-refractivity contribution in [1.82, 2.24) is 4.57 Å². The van der Waals surface area contributed by atoms with E-state index in [4.69, 9.17) is 14.2 Å². The minimum atomic E-state index is -0.286. The fourth-order valence-electron chi connectivity index (χ4n) is 5.45. The average Bonchev–Trinajstić information content (AvgIpc) is 3.40. The summed E-state index contributed by atoms with van der Waals surface area (Å²) in [5.41, 5.74) is 8.87. The third kappa shape index (κ3) is 7.88. The van der Waals surface area contributed by atoms with Gasteiger partial charge in [-0.3, -0.25) is 0 Å². The van der Waals surface area contributed by atoms with Crippen LogP contribution in [0.5, 0.6) is 0 Å². The summed E-state index contributed by atoms with van der Waals surface area (Å²) in [7, 11) is 0. The number of benzene rings is 5. The molecule has 0 aliphatic rings. The van der Waals surface area contributed by atoms with Crippen LogP contribution in [0.15, 0.2) is 156 Å². The number of hydrogen-bond acceptors (Lipinski definition) is 3. The summed E-state index contributed by atoms with van der Waals surface area (Å²) in [6.45, 7) is 2.14. The molecule has 226 valence electrons. The van der Waals surface area contributed by atoms with Gasteiger partial charge in [-0.15, -0.1) is 0 Å². The molecule has 1 aromatic heterocycles. The van der Waals surface area contributed by atoms with Crippen LogP contribution in [-0.2, 0) is 34.2 Å². The van der Waals surface area contributed by atoms with Crippen LogP contribution in [0.3, 0.4) is 0 Å². The molecule has 6 rings (SSSR count). The quantitative estimate of drug-likeness (QED) is 0.117. The van der Waals surface area contributed by atoms with E-state index in [9.17, 15) is 0 Å². The highest BCUT2D eigenvalue weighted by Crippen LogP contribution is 2.46. The summed E-state index contributed by atoms with van der Waals surface area (Å²) >= 11 is 4.04. The third-order valence-corrected chi connectivity index (χ3v) is 8.40. The molecular formula is C40H36BrNO3. The van der Waals surface area contributed by atoms with Crippen molar-refractivity contribution >= 4 is 15.9 Å². The van der Waals surface area contributed by atoms with Crippen LogP contribution in [0.2, 0.25) is 0 Å². The van der Waals surface area contributed by atoms with Crippen molar-refractivity contribution in [3.05, 3.63) is 167 Å². The zero-order valence-corrected chi connectivity index (χ0v) is 26.7. The first-order chi connectivity index (χ1) is 22.3. The number of nitrogens with zero attached hydrogens (tertiary/aromatic N) is 1. The van der Waals surface area contributed by atoms with Crippen molar-refractivity contribution in [1.29, 1.82) is 0 Å².